The van der Waals surface area contributed by atoms with E-state index >= 15 is 0 Å². The molecule has 0 spiro atoms. The number of hydrogen-bond acceptors (Lipinski definition) is 2. The lowest BCUT2D eigenvalue weighted by Crippen LogP contribution is -2.33. The Hall–Kier alpha value is -0.610. The molecule has 0 saturated carbocycles. The zero-order valence-corrected chi connectivity index (χ0v) is 10.6. The van der Waals surface area contributed by atoms with Crippen LogP contribution in [0, 0.1) is 11.7 Å². The van der Waals surface area contributed by atoms with Gasteiger partial charge in [-0.15, -0.1) is 0 Å². The van der Waals surface area contributed by atoms with Crippen LogP contribution in [0.2, 0.25) is 0 Å². The molecule has 1 aromatic rings. The van der Waals surface area contributed by atoms with Crippen molar-refractivity contribution in [2.24, 2.45) is 5.92 Å². The zero-order valence-electron chi connectivity index (χ0n) is 9.01. The van der Waals surface area contributed by atoms with E-state index in [9.17, 15) is 4.39 Å². The molecule has 2 rings (SSSR count). The lowest BCUT2D eigenvalue weighted by Gasteiger charge is -2.22. The van der Waals surface area contributed by atoms with E-state index in [2.05, 4.69) is 21.2 Å². The fourth-order valence-corrected chi connectivity index (χ4v) is 2.34. The first kappa shape index (κ1) is 11.9. The topological polar surface area (TPSA) is 21.3 Å². The molecule has 1 aliphatic heterocycles. The average Bonchev–Trinajstić information content (AvgIpc) is 2.27. The largest absolute Gasteiger partial charge is 0.493 e. The average molecular weight is 288 g/mol. The van der Waals surface area contributed by atoms with Crippen LogP contribution in [-0.4, -0.2) is 19.7 Å². The molecule has 0 amide bonds. The van der Waals surface area contributed by atoms with E-state index in [-0.39, 0.29) is 5.82 Å². The summed E-state index contributed by atoms with van der Waals surface area (Å²) in [5, 5.41) is 3.33. The van der Waals surface area contributed by atoms with Crippen molar-refractivity contribution in [3.63, 3.8) is 0 Å². The van der Waals surface area contributed by atoms with Gasteiger partial charge >= 0.3 is 0 Å². The predicted octanol–water partition coefficient (Wildman–Crippen LogP) is 2.97. The van der Waals surface area contributed by atoms with Gasteiger partial charge < -0.3 is 10.1 Å². The third-order valence-electron chi connectivity index (χ3n) is 2.72. The van der Waals surface area contributed by atoms with Gasteiger partial charge in [0.1, 0.15) is 11.6 Å². The normalized spacial score (nSPS) is 20.8. The first-order valence-corrected chi connectivity index (χ1v) is 6.33. The minimum Gasteiger partial charge on any atom is -0.493 e. The summed E-state index contributed by atoms with van der Waals surface area (Å²) < 4.78 is 19.4. The zero-order chi connectivity index (χ0) is 11.4. The second kappa shape index (κ2) is 5.64. The first-order valence-electron chi connectivity index (χ1n) is 5.53. The molecule has 1 N–H and O–H groups in total. The molecule has 88 valence electrons. The third-order valence-corrected chi connectivity index (χ3v) is 3.18. The van der Waals surface area contributed by atoms with Crippen LogP contribution < -0.4 is 10.1 Å². The molecule has 0 radical (unpaired) electrons. The smallest absolute Gasteiger partial charge is 0.128 e. The highest BCUT2D eigenvalue weighted by Gasteiger charge is 2.13. The molecular weight excluding hydrogens is 273 g/mol. The first-order chi connectivity index (χ1) is 7.74. The van der Waals surface area contributed by atoms with Crippen LogP contribution in [-0.2, 0) is 0 Å². The Morgan fingerprint density at radius 1 is 1.44 bits per heavy atom. The van der Waals surface area contributed by atoms with E-state index in [1.165, 1.54) is 25.0 Å². The number of hydrogen-bond donors (Lipinski definition) is 1. The van der Waals surface area contributed by atoms with Crippen molar-refractivity contribution in [1.29, 1.82) is 0 Å². The maximum Gasteiger partial charge on any atom is 0.128 e. The Balaban J connectivity index is 1.88. The Bertz CT molecular complexity index is 333. The number of rotatable bonds is 3. The fourth-order valence-electron chi connectivity index (χ4n) is 1.89. The van der Waals surface area contributed by atoms with Gasteiger partial charge in [0.25, 0.3) is 0 Å². The molecule has 1 saturated heterocycles. The fraction of sp³-hybridized carbons (Fsp3) is 0.500. The van der Waals surface area contributed by atoms with Crippen LogP contribution in [0.3, 0.4) is 0 Å². The van der Waals surface area contributed by atoms with E-state index in [1.54, 1.807) is 6.07 Å². The standard InChI is InChI=1S/C12H15BrFNO/c13-10-4-11(14)6-12(5-10)16-8-9-2-1-3-15-7-9/h4-6,9,15H,1-3,7-8H2/t9-/m0/s1. The maximum absolute atomic E-state index is 13.1. The Morgan fingerprint density at radius 2 is 2.31 bits per heavy atom. The summed E-state index contributed by atoms with van der Waals surface area (Å²) in [5.41, 5.74) is 0. The molecule has 2 nitrogen and oxygen atoms in total. The van der Waals surface area contributed by atoms with Crippen molar-refractivity contribution in [3.8, 4) is 5.75 Å². The summed E-state index contributed by atoms with van der Waals surface area (Å²) in [4.78, 5) is 0. The van der Waals surface area contributed by atoms with Gasteiger partial charge in [-0.2, -0.15) is 0 Å². The monoisotopic (exact) mass is 287 g/mol. The number of halogens is 2. The molecule has 0 aliphatic carbocycles. The molecule has 0 aromatic heterocycles. The van der Waals surface area contributed by atoms with Crippen molar-refractivity contribution in [2.45, 2.75) is 12.8 Å². The molecule has 1 aliphatic rings. The van der Waals surface area contributed by atoms with Gasteiger partial charge in [-0.3, -0.25) is 0 Å². The highest BCUT2D eigenvalue weighted by atomic mass is 79.9. The molecule has 0 bridgehead atoms. The Kier molecular flexibility index (Phi) is 4.18. The minimum absolute atomic E-state index is 0.272. The van der Waals surface area contributed by atoms with Gasteiger partial charge in [0, 0.05) is 23.0 Å². The lowest BCUT2D eigenvalue weighted by molar-refractivity contribution is 0.218. The van der Waals surface area contributed by atoms with Crippen molar-refractivity contribution < 1.29 is 9.13 Å². The SMILES string of the molecule is Fc1cc(Br)cc(OC[C@H]2CCCNC2)c1. The van der Waals surface area contributed by atoms with E-state index in [0.29, 0.717) is 22.7 Å². The summed E-state index contributed by atoms with van der Waals surface area (Å²) >= 11 is 3.25. The van der Waals surface area contributed by atoms with Gasteiger partial charge in [-0.25, -0.2) is 4.39 Å². The van der Waals surface area contributed by atoms with Crippen LogP contribution in [0.1, 0.15) is 12.8 Å². The summed E-state index contributed by atoms with van der Waals surface area (Å²) in [6.07, 6.45) is 2.38. The summed E-state index contributed by atoms with van der Waals surface area (Å²) in [5.74, 6) is 0.861. The quantitative estimate of drug-likeness (QED) is 0.923. The molecule has 1 fully saturated rings. The van der Waals surface area contributed by atoms with Gasteiger partial charge in [-0.05, 0) is 31.5 Å². The van der Waals surface area contributed by atoms with Crippen molar-refractivity contribution in [2.75, 3.05) is 19.7 Å². The second-order valence-corrected chi connectivity index (χ2v) is 5.04. The van der Waals surface area contributed by atoms with Crippen molar-refractivity contribution in [3.05, 3.63) is 28.5 Å². The molecule has 0 unspecified atom stereocenters. The van der Waals surface area contributed by atoms with Gasteiger partial charge in [0.05, 0.1) is 6.61 Å². The molecule has 1 heterocycles. The third kappa shape index (κ3) is 3.46. The number of nitrogens with one attached hydrogen (secondary N) is 1. The summed E-state index contributed by atoms with van der Waals surface area (Å²) in [6.45, 7) is 2.75. The highest BCUT2D eigenvalue weighted by Crippen LogP contribution is 2.21. The summed E-state index contributed by atoms with van der Waals surface area (Å²) in [6, 6.07) is 4.63. The summed E-state index contributed by atoms with van der Waals surface area (Å²) in [7, 11) is 0. The molecular formula is C12H15BrFNO. The van der Waals surface area contributed by atoms with Gasteiger partial charge in [0.15, 0.2) is 0 Å². The van der Waals surface area contributed by atoms with Crippen molar-refractivity contribution in [1.82, 2.24) is 5.32 Å². The molecule has 4 heteroatoms. The lowest BCUT2D eigenvalue weighted by atomic mass is 10.0. The van der Waals surface area contributed by atoms with Crippen molar-refractivity contribution >= 4 is 15.9 Å². The highest BCUT2D eigenvalue weighted by molar-refractivity contribution is 9.10. The van der Waals surface area contributed by atoms with E-state index in [0.717, 1.165) is 13.1 Å². The Morgan fingerprint density at radius 3 is 3.00 bits per heavy atom. The maximum atomic E-state index is 13.1. The Labute approximate surface area is 103 Å². The number of ether oxygens (including phenoxy) is 1. The van der Waals surface area contributed by atoms with Crippen LogP contribution >= 0.6 is 15.9 Å². The van der Waals surface area contributed by atoms with Gasteiger partial charge in [0.2, 0.25) is 0 Å². The van der Waals surface area contributed by atoms with Crippen LogP contribution in [0.15, 0.2) is 22.7 Å². The second-order valence-electron chi connectivity index (χ2n) is 4.13. The van der Waals surface area contributed by atoms with Crippen LogP contribution in [0.25, 0.3) is 0 Å². The number of piperidine rings is 1. The minimum atomic E-state index is -0.272. The number of benzene rings is 1. The van der Waals surface area contributed by atoms with Crippen LogP contribution in [0.5, 0.6) is 5.75 Å². The van der Waals surface area contributed by atoms with Gasteiger partial charge in [-0.1, -0.05) is 15.9 Å². The molecule has 1 aromatic carbocycles. The van der Waals surface area contributed by atoms with E-state index < -0.39 is 0 Å². The van der Waals surface area contributed by atoms with Crippen LogP contribution in [0.4, 0.5) is 4.39 Å². The van der Waals surface area contributed by atoms with E-state index in [1.807, 2.05) is 0 Å². The van der Waals surface area contributed by atoms with E-state index in [4.69, 9.17) is 4.74 Å². The predicted molar refractivity (Wildman–Crippen MR) is 65.2 cm³/mol. The molecule has 16 heavy (non-hydrogen) atoms. The molecule has 1 atom stereocenters.